The van der Waals surface area contributed by atoms with Crippen molar-refractivity contribution in [2.45, 2.75) is 57.6 Å². The minimum Gasteiger partial charge on any atom is -0.662 e. The van der Waals surface area contributed by atoms with Gasteiger partial charge in [-0.05, 0) is 48.9 Å². The minimum absolute atomic E-state index is 0. The monoisotopic (exact) mass is 625 g/mol. The van der Waals surface area contributed by atoms with Crippen molar-refractivity contribution >= 4 is 0 Å². The van der Waals surface area contributed by atoms with Crippen molar-refractivity contribution in [3.63, 3.8) is 0 Å². The van der Waals surface area contributed by atoms with Gasteiger partial charge in [0.15, 0.2) is 0 Å². The zero-order valence-corrected chi connectivity index (χ0v) is 26.3. The van der Waals surface area contributed by atoms with Crippen LogP contribution in [-0.2, 0) is 44.5 Å². The predicted octanol–water partition coefficient (Wildman–Crippen LogP) is 6.96. The van der Waals surface area contributed by atoms with Crippen LogP contribution in [-0.4, -0.2) is 41.9 Å². The molecule has 213 valence electrons. The van der Waals surface area contributed by atoms with Crippen molar-refractivity contribution < 1.29 is 46.2 Å². The van der Waals surface area contributed by atoms with Gasteiger partial charge in [0.2, 0.25) is 0 Å². The molecule has 9 heteroatoms. The molecule has 6 rings (SSSR count). The molecule has 1 aliphatic carbocycles. The Morgan fingerprint density at radius 3 is 2.38 bits per heavy atom. The van der Waals surface area contributed by atoms with Crippen LogP contribution in [0.5, 0.6) is 0 Å². The number of nitrogens with zero attached hydrogens (tertiary/aromatic N) is 4. The summed E-state index contributed by atoms with van der Waals surface area (Å²) in [5, 5.41) is 8.76. The Morgan fingerprint density at radius 2 is 1.75 bits per heavy atom. The predicted molar refractivity (Wildman–Crippen MR) is 151 cm³/mol. The van der Waals surface area contributed by atoms with Gasteiger partial charge < -0.3 is 19.9 Å². The molecule has 6 nitrogen and oxygen atoms in total. The molecule has 0 bridgehead atoms. The van der Waals surface area contributed by atoms with Crippen molar-refractivity contribution in [3.05, 3.63) is 99.1 Å². The number of benzene rings is 2. The average molecular weight is 626 g/mol. The number of ether oxygens (including phenoxy) is 1. The van der Waals surface area contributed by atoms with E-state index in [0.29, 0.717) is 24.3 Å². The topological polar surface area (TPSA) is 72.3 Å². The van der Waals surface area contributed by atoms with Crippen LogP contribution in [0.2, 0.25) is 0 Å². The van der Waals surface area contributed by atoms with Crippen molar-refractivity contribution in [2.24, 2.45) is 12.5 Å². The molecule has 0 N–H and O–H groups in total. The Hall–Kier alpha value is -1.84. The zero-order chi connectivity index (χ0) is 27.7. The molecule has 1 saturated carbocycles. The molecule has 40 heavy (non-hydrogen) atoms. The summed E-state index contributed by atoms with van der Waals surface area (Å²) in [5.41, 5.74) is 2.62. The van der Waals surface area contributed by atoms with Crippen LogP contribution in [0.15, 0.2) is 65.7 Å². The summed E-state index contributed by atoms with van der Waals surface area (Å²) in [6, 6.07) is 14.2. The maximum Gasteiger partial charge on any atom is 0.253 e. The van der Waals surface area contributed by atoms with E-state index in [1.165, 1.54) is 68.1 Å². The summed E-state index contributed by atoms with van der Waals surface area (Å²) in [5.74, 6) is -0.872. The van der Waals surface area contributed by atoms with E-state index in [4.69, 9.17) is 4.74 Å². The molecule has 1 radical (unpaired) electrons. The number of hydrogen-bond acceptors (Lipinski definition) is 3. The summed E-state index contributed by atoms with van der Waals surface area (Å²) in [6.45, 7) is 5.08. The molecular weight excluding hydrogens is 587 g/mol. The SMILES string of the molecule is C1CCC2(C1)CCC[N-]C2.C[C@H]1C[N-]C(c2cc(F)ccc2F)CO1.Cn1cnc(-c2ccccc2)cc1=O.[Y]. The van der Waals surface area contributed by atoms with Crippen LogP contribution in [0, 0.1) is 17.0 Å². The van der Waals surface area contributed by atoms with Gasteiger partial charge in [0.05, 0.1) is 12.0 Å². The number of hydrogen-bond donors (Lipinski definition) is 0. The Morgan fingerprint density at radius 1 is 1.02 bits per heavy atom. The fraction of sp³-hybridized carbons (Fsp3) is 0.484. The Balaban J connectivity index is 0.000000166. The second-order valence-electron chi connectivity index (χ2n) is 10.7. The van der Waals surface area contributed by atoms with E-state index in [-0.39, 0.29) is 56.0 Å². The van der Waals surface area contributed by atoms with E-state index in [0.717, 1.165) is 24.2 Å². The summed E-state index contributed by atoms with van der Waals surface area (Å²) in [4.78, 5) is 15.5. The fourth-order valence-corrected chi connectivity index (χ4v) is 5.32. The maximum atomic E-state index is 13.4. The molecule has 2 aromatic carbocycles. The van der Waals surface area contributed by atoms with Crippen molar-refractivity contribution in [1.29, 1.82) is 0 Å². The average Bonchev–Trinajstić information content (AvgIpc) is 3.41. The second kappa shape index (κ2) is 16.0. The van der Waals surface area contributed by atoms with Crippen LogP contribution < -0.4 is 5.56 Å². The van der Waals surface area contributed by atoms with Gasteiger partial charge in [-0.15, -0.1) is 19.6 Å². The van der Waals surface area contributed by atoms with Gasteiger partial charge in [-0.1, -0.05) is 62.1 Å². The summed E-state index contributed by atoms with van der Waals surface area (Å²) >= 11 is 0. The molecule has 3 fully saturated rings. The minimum atomic E-state index is -0.444. The summed E-state index contributed by atoms with van der Waals surface area (Å²) in [7, 11) is 1.68. The van der Waals surface area contributed by atoms with E-state index in [1.807, 2.05) is 37.3 Å². The van der Waals surface area contributed by atoms with Gasteiger partial charge in [-0.3, -0.25) is 4.79 Å². The first-order chi connectivity index (χ1) is 18.8. The van der Waals surface area contributed by atoms with Crippen LogP contribution in [0.1, 0.15) is 57.1 Å². The van der Waals surface area contributed by atoms with Gasteiger partial charge in [0.25, 0.3) is 5.56 Å². The normalized spacial score (nSPS) is 21.3. The van der Waals surface area contributed by atoms with Gasteiger partial charge >= 0.3 is 0 Å². The molecule has 2 aliphatic heterocycles. The number of piperidine rings is 1. The molecule has 3 heterocycles. The number of aromatic nitrogens is 2. The quantitative estimate of drug-likeness (QED) is 0.309. The van der Waals surface area contributed by atoms with E-state index >= 15 is 0 Å². The van der Waals surface area contributed by atoms with Crippen molar-refractivity contribution in [3.8, 4) is 11.3 Å². The molecule has 2 saturated heterocycles. The van der Waals surface area contributed by atoms with Gasteiger partial charge in [0.1, 0.15) is 11.6 Å². The first-order valence-electron chi connectivity index (χ1n) is 13.8. The van der Waals surface area contributed by atoms with Crippen LogP contribution >= 0.6 is 0 Å². The van der Waals surface area contributed by atoms with E-state index in [9.17, 15) is 13.6 Å². The molecule has 1 aromatic heterocycles. The van der Waals surface area contributed by atoms with Gasteiger partial charge in [-0.2, -0.15) is 0 Å². The van der Waals surface area contributed by atoms with Crippen LogP contribution in [0.4, 0.5) is 8.78 Å². The number of halogens is 2. The number of rotatable bonds is 2. The molecule has 3 aromatic rings. The zero-order valence-electron chi connectivity index (χ0n) is 23.4. The first kappa shape index (κ1) is 32.7. The smallest absolute Gasteiger partial charge is 0.253 e. The standard InChI is InChI=1S/C11H12F2NO.C11H10N2O.C9H16N.Y/c1-7-5-14-11(6-15-7)9-4-8(12)2-3-10(9)13;1-13-8-12-10(7-11(13)14)9-5-3-2-4-6-9;1-2-5-9(4-1)6-3-7-10-8-9;/h2-4,7,11H,5-6H2,1H3;2-8H,1H3;1-8H2;/q-1;;-1;/t7-,11?;;;/m0.../s1. The van der Waals surface area contributed by atoms with Crippen LogP contribution in [0.3, 0.4) is 0 Å². The third-order valence-electron chi connectivity index (χ3n) is 7.62. The molecule has 3 aliphatic rings. The molecule has 2 atom stereocenters. The summed E-state index contributed by atoms with van der Waals surface area (Å²) < 4.78 is 33.1. The van der Waals surface area contributed by atoms with Gasteiger partial charge in [0, 0.05) is 64.1 Å². The Kier molecular flexibility index (Phi) is 13.0. The van der Waals surface area contributed by atoms with E-state index in [1.54, 1.807) is 7.05 Å². The molecule has 1 spiro atoms. The largest absolute Gasteiger partial charge is 0.662 e. The molecular formula is C31H38F2N4O2Y-2. The Labute approximate surface area is 261 Å². The van der Waals surface area contributed by atoms with Crippen molar-refractivity contribution in [1.82, 2.24) is 9.55 Å². The number of morpholine rings is 1. The van der Waals surface area contributed by atoms with E-state index in [2.05, 4.69) is 15.6 Å². The van der Waals surface area contributed by atoms with E-state index < -0.39 is 11.6 Å². The van der Waals surface area contributed by atoms with Gasteiger partial charge in [-0.25, -0.2) is 13.8 Å². The second-order valence-corrected chi connectivity index (χ2v) is 10.7. The number of aryl methyl sites for hydroxylation is 1. The summed E-state index contributed by atoms with van der Waals surface area (Å²) in [6.07, 6.45) is 10.3. The van der Waals surface area contributed by atoms with Crippen LogP contribution in [0.25, 0.3) is 21.9 Å². The third kappa shape index (κ3) is 9.35. The fourth-order valence-electron chi connectivity index (χ4n) is 5.32. The first-order valence-corrected chi connectivity index (χ1v) is 13.8. The molecule has 1 unspecified atom stereocenters. The third-order valence-corrected chi connectivity index (χ3v) is 7.62. The molecule has 0 amide bonds. The van der Waals surface area contributed by atoms with Crippen molar-refractivity contribution in [2.75, 3.05) is 26.2 Å². The maximum absolute atomic E-state index is 13.4. The Bertz CT molecular complexity index is 1240.